The van der Waals surface area contributed by atoms with Gasteiger partial charge in [-0.3, -0.25) is 4.79 Å². The molecular weight excluding hydrogens is 326 g/mol. The van der Waals surface area contributed by atoms with Crippen LogP contribution in [0.1, 0.15) is 24.8 Å². The third-order valence-corrected chi connectivity index (χ3v) is 6.46. The summed E-state index contributed by atoms with van der Waals surface area (Å²) in [6.45, 7) is 8.31. The summed E-state index contributed by atoms with van der Waals surface area (Å²) in [5.74, 6) is 2.78. The Balaban J connectivity index is 2.28. The predicted octanol–water partition coefficient (Wildman–Crippen LogP) is 2.95. The van der Waals surface area contributed by atoms with E-state index in [9.17, 15) is 13.2 Å². The van der Waals surface area contributed by atoms with Crippen molar-refractivity contribution in [2.45, 2.75) is 56.8 Å². The van der Waals surface area contributed by atoms with Crippen molar-refractivity contribution in [3.63, 3.8) is 0 Å². The van der Waals surface area contributed by atoms with Gasteiger partial charge < -0.3 is 0 Å². The van der Waals surface area contributed by atoms with Gasteiger partial charge in [-0.05, 0) is 25.5 Å². The molecule has 1 fully saturated rings. The lowest BCUT2D eigenvalue weighted by molar-refractivity contribution is -0.124. The van der Waals surface area contributed by atoms with Crippen LogP contribution in [-0.4, -0.2) is 32.7 Å². The van der Waals surface area contributed by atoms with Crippen LogP contribution in [0.15, 0.2) is 29.2 Å². The number of carbonyl (C=O) groups excluding carboxylic acids is 1. The number of hydrogen-bond donors (Lipinski definition) is 0. The zero-order chi connectivity index (χ0) is 17.3. The summed E-state index contributed by atoms with van der Waals surface area (Å²) < 4.78 is 26.6. The molecule has 0 saturated carbocycles. The quantitative estimate of drug-likeness (QED) is 0.623. The van der Waals surface area contributed by atoms with Crippen molar-refractivity contribution in [2.24, 2.45) is 0 Å². The minimum Gasteiger partial charge on any atom is -0.274 e. The van der Waals surface area contributed by atoms with Gasteiger partial charge >= 0.3 is 0 Å². The van der Waals surface area contributed by atoms with Gasteiger partial charge in [0.25, 0.3) is 10.0 Å². The number of nitrogens with zero attached hydrogens (tertiary/aromatic N) is 1. The van der Waals surface area contributed by atoms with Crippen LogP contribution in [0.4, 0.5) is 0 Å². The first-order valence-corrected chi connectivity index (χ1v) is 12.7. The molecule has 0 radical (unpaired) electrons. The molecule has 1 heterocycles. The standard InChI is InChI=1S/C17H23NO3SSi/c1-14-7-10-16(11-8-14)22(20,21)18-15(9-12-17(18)19)6-5-13-23(2,3)4/h7-8,10-11,15H,6,9,12H2,1-4H3. The molecule has 0 N–H and O–H groups in total. The lowest BCUT2D eigenvalue weighted by atomic mass is 10.2. The third-order valence-electron chi connectivity index (χ3n) is 3.65. The SMILES string of the molecule is Cc1ccc(S(=O)(=O)N2C(=O)CCC2CC#C[Si](C)(C)C)cc1. The van der Waals surface area contributed by atoms with E-state index in [2.05, 4.69) is 31.1 Å². The summed E-state index contributed by atoms with van der Waals surface area (Å²) in [4.78, 5) is 12.3. The van der Waals surface area contributed by atoms with Gasteiger partial charge in [0.05, 0.1) is 10.9 Å². The first-order valence-electron chi connectivity index (χ1n) is 7.75. The minimum absolute atomic E-state index is 0.168. The van der Waals surface area contributed by atoms with Crippen molar-refractivity contribution < 1.29 is 13.2 Å². The van der Waals surface area contributed by atoms with Gasteiger partial charge in [0.1, 0.15) is 8.07 Å². The van der Waals surface area contributed by atoms with Crippen molar-refractivity contribution in [1.29, 1.82) is 0 Å². The number of benzene rings is 1. The highest BCUT2D eigenvalue weighted by atomic mass is 32.2. The Hall–Kier alpha value is -1.58. The molecule has 1 aromatic rings. The van der Waals surface area contributed by atoms with Crippen LogP contribution >= 0.6 is 0 Å². The molecule has 1 amide bonds. The number of carbonyl (C=O) groups is 1. The van der Waals surface area contributed by atoms with Gasteiger partial charge in [-0.15, -0.1) is 11.5 Å². The van der Waals surface area contributed by atoms with Gasteiger partial charge in [-0.25, -0.2) is 12.7 Å². The monoisotopic (exact) mass is 349 g/mol. The Bertz CT molecular complexity index is 752. The maximum Gasteiger partial charge on any atom is 0.266 e. The molecule has 124 valence electrons. The van der Waals surface area contributed by atoms with E-state index < -0.39 is 18.1 Å². The molecule has 1 unspecified atom stereocenters. The third kappa shape index (κ3) is 4.24. The normalized spacial score (nSPS) is 18.7. The number of amides is 1. The van der Waals surface area contributed by atoms with Gasteiger partial charge in [0, 0.05) is 12.8 Å². The topological polar surface area (TPSA) is 54.5 Å². The van der Waals surface area contributed by atoms with Gasteiger partial charge in [0.15, 0.2) is 0 Å². The fraction of sp³-hybridized carbons (Fsp3) is 0.471. The van der Waals surface area contributed by atoms with Crippen LogP contribution in [0.3, 0.4) is 0 Å². The van der Waals surface area contributed by atoms with Crippen molar-refractivity contribution >= 4 is 24.0 Å². The fourth-order valence-corrected chi connectivity index (χ4v) is 4.77. The van der Waals surface area contributed by atoms with Gasteiger partial charge in [-0.1, -0.05) is 37.3 Å². The summed E-state index contributed by atoms with van der Waals surface area (Å²) in [6.07, 6.45) is 1.23. The average molecular weight is 350 g/mol. The Morgan fingerprint density at radius 2 is 1.83 bits per heavy atom. The number of sulfonamides is 1. The highest BCUT2D eigenvalue weighted by Gasteiger charge is 2.40. The van der Waals surface area contributed by atoms with Crippen molar-refractivity contribution in [3.05, 3.63) is 29.8 Å². The van der Waals surface area contributed by atoms with Gasteiger partial charge in [-0.2, -0.15) is 0 Å². The van der Waals surface area contributed by atoms with Gasteiger partial charge in [0.2, 0.25) is 5.91 Å². The molecular formula is C17H23NO3SSi. The van der Waals surface area contributed by atoms with Crippen molar-refractivity contribution in [2.75, 3.05) is 0 Å². The molecule has 6 heteroatoms. The molecule has 1 atom stereocenters. The summed E-state index contributed by atoms with van der Waals surface area (Å²) in [7, 11) is -5.29. The fourth-order valence-electron chi connectivity index (χ4n) is 2.49. The maximum atomic E-state index is 12.8. The van der Waals surface area contributed by atoms with Crippen LogP contribution in [0, 0.1) is 18.4 Å². The molecule has 23 heavy (non-hydrogen) atoms. The van der Waals surface area contributed by atoms with E-state index in [0.717, 1.165) is 9.87 Å². The van der Waals surface area contributed by atoms with E-state index >= 15 is 0 Å². The smallest absolute Gasteiger partial charge is 0.266 e. The van der Waals surface area contributed by atoms with E-state index in [0.29, 0.717) is 12.8 Å². The zero-order valence-corrected chi connectivity index (χ0v) is 15.9. The molecule has 0 bridgehead atoms. The number of aryl methyl sites for hydroxylation is 1. The molecule has 0 aliphatic carbocycles. The van der Waals surface area contributed by atoms with Crippen LogP contribution in [0.5, 0.6) is 0 Å². The zero-order valence-electron chi connectivity index (χ0n) is 14.1. The summed E-state index contributed by atoms with van der Waals surface area (Å²) in [5.41, 5.74) is 4.22. The Kier molecular flexibility index (Phi) is 5.02. The average Bonchev–Trinajstić information content (AvgIpc) is 2.79. The molecule has 0 aromatic heterocycles. The second-order valence-electron chi connectivity index (χ2n) is 6.96. The summed E-state index contributed by atoms with van der Waals surface area (Å²) in [6, 6.07) is 6.25. The van der Waals surface area contributed by atoms with E-state index in [1.165, 1.54) is 0 Å². The van der Waals surface area contributed by atoms with E-state index in [1.54, 1.807) is 24.3 Å². The number of hydrogen-bond acceptors (Lipinski definition) is 3. The second-order valence-corrected chi connectivity index (χ2v) is 13.5. The minimum atomic E-state index is -3.79. The van der Waals surface area contributed by atoms with Crippen LogP contribution in [0.25, 0.3) is 0 Å². The van der Waals surface area contributed by atoms with Crippen LogP contribution < -0.4 is 0 Å². The largest absolute Gasteiger partial charge is 0.274 e. The van der Waals surface area contributed by atoms with Crippen LogP contribution in [-0.2, 0) is 14.8 Å². The molecule has 0 spiro atoms. The van der Waals surface area contributed by atoms with E-state index in [1.807, 2.05) is 6.92 Å². The molecule has 1 aliphatic rings. The molecule has 4 nitrogen and oxygen atoms in total. The molecule has 1 aromatic carbocycles. The maximum absolute atomic E-state index is 12.8. The van der Waals surface area contributed by atoms with E-state index in [-0.39, 0.29) is 23.3 Å². The lowest BCUT2D eigenvalue weighted by Gasteiger charge is -2.23. The second kappa shape index (κ2) is 6.50. The predicted molar refractivity (Wildman–Crippen MR) is 94.0 cm³/mol. The summed E-state index contributed by atoms with van der Waals surface area (Å²) >= 11 is 0. The summed E-state index contributed by atoms with van der Waals surface area (Å²) in [5, 5.41) is 0. The van der Waals surface area contributed by atoms with Crippen molar-refractivity contribution in [3.8, 4) is 11.5 Å². The number of rotatable bonds is 3. The highest BCUT2D eigenvalue weighted by molar-refractivity contribution is 7.89. The molecule has 1 aliphatic heterocycles. The van der Waals surface area contributed by atoms with Crippen LogP contribution in [0.2, 0.25) is 19.6 Å². The Labute approximate surface area is 140 Å². The Morgan fingerprint density at radius 3 is 2.39 bits per heavy atom. The highest BCUT2D eigenvalue weighted by Crippen LogP contribution is 2.28. The first kappa shape index (κ1) is 17.8. The Morgan fingerprint density at radius 1 is 1.22 bits per heavy atom. The molecule has 1 saturated heterocycles. The molecule has 2 rings (SSSR count). The first-order chi connectivity index (χ1) is 10.6. The lowest BCUT2D eigenvalue weighted by Crippen LogP contribution is -2.38. The van der Waals surface area contributed by atoms with E-state index in [4.69, 9.17) is 0 Å². The van der Waals surface area contributed by atoms with Crippen molar-refractivity contribution in [1.82, 2.24) is 4.31 Å².